The Hall–Kier alpha value is -1.63. The summed E-state index contributed by atoms with van der Waals surface area (Å²) in [6, 6.07) is 4.62. The molecule has 0 saturated heterocycles. The number of nitrogens with zero attached hydrogens (tertiary/aromatic N) is 2. The quantitative estimate of drug-likeness (QED) is 0.851. The van der Waals surface area contributed by atoms with Crippen molar-refractivity contribution < 1.29 is 9.59 Å². The molecule has 8 heteroatoms. The van der Waals surface area contributed by atoms with E-state index in [0.717, 1.165) is 0 Å². The number of hydrogen-bond acceptors (Lipinski definition) is 4. The molecule has 2 rings (SSSR count). The van der Waals surface area contributed by atoms with Crippen LogP contribution in [0.25, 0.3) is 0 Å². The van der Waals surface area contributed by atoms with Crippen molar-refractivity contribution in [3.8, 4) is 0 Å². The van der Waals surface area contributed by atoms with Gasteiger partial charge in [-0.3, -0.25) is 9.59 Å². The maximum absolute atomic E-state index is 12.8. The third kappa shape index (κ3) is 4.93. The topological polar surface area (TPSA) is 62.3 Å². The van der Waals surface area contributed by atoms with Crippen LogP contribution < -0.4 is 5.32 Å². The number of nitrogens with one attached hydrogen (secondary N) is 1. The Kier molecular flexibility index (Phi) is 5.85. The van der Waals surface area contributed by atoms with Gasteiger partial charge >= 0.3 is 0 Å². The van der Waals surface area contributed by atoms with E-state index < -0.39 is 5.54 Å². The van der Waals surface area contributed by atoms with Crippen LogP contribution in [0, 0.1) is 0 Å². The van der Waals surface area contributed by atoms with Gasteiger partial charge in [0.15, 0.2) is 5.13 Å². The number of amides is 2. The first-order valence-electron chi connectivity index (χ1n) is 7.14. The van der Waals surface area contributed by atoms with Crippen molar-refractivity contribution in [2.75, 3.05) is 11.9 Å². The molecule has 1 heterocycles. The van der Waals surface area contributed by atoms with E-state index in [9.17, 15) is 9.59 Å². The zero-order valence-electron chi connectivity index (χ0n) is 13.5. The van der Waals surface area contributed by atoms with Crippen LogP contribution in [0.15, 0.2) is 29.8 Å². The van der Waals surface area contributed by atoms with Crippen LogP contribution in [0.1, 0.15) is 31.1 Å². The molecule has 2 aromatic rings. The number of aromatic nitrogens is 1. The van der Waals surface area contributed by atoms with Gasteiger partial charge in [0.25, 0.3) is 5.91 Å². The van der Waals surface area contributed by atoms with Crippen molar-refractivity contribution in [1.29, 1.82) is 0 Å². The summed E-state index contributed by atoms with van der Waals surface area (Å²) >= 11 is 13.3. The van der Waals surface area contributed by atoms with Crippen molar-refractivity contribution >= 4 is 51.5 Å². The Morgan fingerprint density at radius 3 is 2.33 bits per heavy atom. The fraction of sp³-hybridized carbons (Fsp3) is 0.312. The largest absolute Gasteiger partial charge is 0.324 e. The van der Waals surface area contributed by atoms with Crippen LogP contribution in [0.3, 0.4) is 0 Å². The summed E-state index contributed by atoms with van der Waals surface area (Å²) in [5, 5.41) is 5.66. The van der Waals surface area contributed by atoms with Gasteiger partial charge in [-0.25, -0.2) is 4.98 Å². The SMILES string of the molecule is CC(C)(C)N(CC(=O)Nc1nccs1)C(=O)c1cc(Cl)cc(Cl)c1. The highest BCUT2D eigenvalue weighted by atomic mass is 35.5. The van der Waals surface area contributed by atoms with Crippen molar-refractivity contribution in [1.82, 2.24) is 9.88 Å². The summed E-state index contributed by atoms with van der Waals surface area (Å²) in [6.07, 6.45) is 1.60. The maximum atomic E-state index is 12.8. The summed E-state index contributed by atoms with van der Waals surface area (Å²) in [6.45, 7) is 5.46. The molecule has 0 aliphatic rings. The van der Waals surface area contributed by atoms with Crippen LogP contribution in [0.5, 0.6) is 0 Å². The molecule has 0 radical (unpaired) electrons. The zero-order valence-corrected chi connectivity index (χ0v) is 15.8. The highest BCUT2D eigenvalue weighted by molar-refractivity contribution is 7.13. The zero-order chi connectivity index (χ0) is 17.9. The number of carbonyl (C=O) groups is 2. The summed E-state index contributed by atoms with van der Waals surface area (Å²) in [7, 11) is 0. The van der Waals surface area contributed by atoms with E-state index in [-0.39, 0.29) is 18.4 Å². The monoisotopic (exact) mass is 385 g/mol. The highest BCUT2D eigenvalue weighted by Crippen LogP contribution is 2.23. The number of benzene rings is 1. The maximum Gasteiger partial charge on any atom is 0.254 e. The van der Waals surface area contributed by atoms with E-state index in [1.807, 2.05) is 20.8 Å². The smallest absolute Gasteiger partial charge is 0.254 e. The molecule has 1 aromatic heterocycles. The molecule has 0 aliphatic heterocycles. The molecule has 1 N–H and O–H groups in total. The molecule has 0 fully saturated rings. The first-order chi connectivity index (χ1) is 11.2. The molecule has 24 heavy (non-hydrogen) atoms. The van der Waals surface area contributed by atoms with Gasteiger partial charge in [-0.05, 0) is 39.0 Å². The summed E-state index contributed by atoms with van der Waals surface area (Å²) in [4.78, 5) is 30.6. The van der Waals surface area contributed by atoms with Crippen molar-refractivity contribution in [2.45, 2.75) is 26.3 Å². The molecule has 2 amide bonds. The van der Waals surface area contributed by atoms with E-state index in [4.69, 9.17) is 23.2 Å². The summed E-state index contributed by atoms with van der Waals surface area (Å²) < 4.78 is 0. The third-order valence-corrected chi connectivity index (χ3v) is 4.27. The second-order valence-corrected chi connectivity index (χ2v) is 7.87. The van der Waals surface area contributed by atoms with Gasteiger partial charge in [0, 0.05) is 32.7 Å². The molecule has 1 aromatic carbocycles. The van der Waals surface area contributed by atoms with Gasteiger partial charge in [-0.15, -0.1) is 11.3 Å². The van der Waals surface area contributed by atoms with Gasteiger partial charge in [0.05, 0.1) is 0 Å². The molecule has 0 unspecified atom stereocenters. The van der Waals surface area contributed by atoms with E-state index in [1.165, 1.54) is 28.4 Å². The molecule has 0 bridgehead atoms. The second kappa shape index (κ2) is 7.51. The van der Waals surface area contributed by atoms with Gasteiger partial charge in [0.1, 0.15) is 6.54 Å². The van der Waals surface area contributed by atoms with E-state index in [0.29, 0.717) is 20.7 Å². The second-order valence-electron chi connectivity index (χ2n) is 6.11. The minimum absolute atomic E-state index is 0.105. The Morgan fingerprint density at radius 2 is 1.83 bits per heavy atom. The lowest BCUT2D eigenvalue weighted by atomic mass is 10.0. The fourth-order valence-electron chi connectivity index (χ4n) is 2.03. The predicted octanol–water partition coefficient (Wildman–Crippen LogP) is 4.33. The summed E-state index contributed by atoms with van der Waals surface area (Å²) in [5.74, 6) is -0.637. The molecular weight excluding hydrogens is 369 g/mol. The van der Waals surface area contributed by atoms with E-state index >= 15 is 0 Å². The molecule has 0 aliphatic carbocycles. The fourth-order valence-corrected chi connectivity index (χ4v) is 3.11. The van der Waals surface area contributed by atoms with Gasteiger partial charge in [-0.1, -0.05) is 23.2 Å². The number of thiazole rings is 1. The normalized spacial score (nSPS) is 11.2. The molecule has 5 nitrogen and oxygen atoms in total. The number of carbonyl (C=O) groups excluding carboxylic acids is 2. The Morgan fingerprint density at radius 1 is 1.21 bits per heavy atom. The van der Waals surface area contributed by atoms with Crippen LogP contribution >= 0.6 is 34.5 Å². The standard InChI is InChI=1S/C16H17Cl2N3O2S/c1-16(2,3)21(9-13(22)20-15-19-4-5-24-15)14(23)10-6-11(17)8-12(18)7-10/h4-8H,9H2,1-3H3,(H,19,20,22). The van der Waals surface area contributed by atoms with Gasteiger partial charge < -0.3 is 10.2 Å². The predicted molar refractivity (Wildman–Crippen MR) is 98.0 cm³/mol. The lowest BCUT2D eigenvalue weighted by Gasteiger charge is -2.35. The molecule has 0 spiro atoms. The number of hydrogen-bond donors (Lipinski definition) is 1. The number of rotatable bonds is 4. The van der Waals surface area contributed by atoms with Crippen LogP contribution in [0.2, 0.25) is 10.0 Å². The van der Waals surface area contributed by atoms with Gasteiger partial charge in [-0.2, -0.15) is 0 Å². The number of halogens is 2. The van der Waals surface area contributed by atoms with Crippen LogP contribution in [0.4, 0.5) is 5.13 Å². The number of anilines is 1. The molecule has 128 valence electrons. The molecule has 0 saturated carbocycles. The minimum Gasteiger partial charge on any atom is -0.324 e. The lowest BCUT2D eigenvalue weighted by Crippen LogP contribution is -2.49. The Balaban J connectivity index is 2.21. The average molecular weight is 386 g/mol. The Bertz CT molecular complexity index is 722. The third-order valence-electron chi connectivity index (χ3n) is 3.14. The molecular formula is C16H17Cl2N3O2S. The van der Waals surface area contributed by atoms with E-state index in [2.05, 4.69) is 10.3 Å². The van der Waals surface area contributed by atoms with Gasteiger partial charge in [0.2, 0.25) is 5.91 Å². The minimum atomic E-state index is -0.563. The van der Waals surface area contributed by atoms with Crippen LogP contribution in [-0.4, -0.2) is 33.8 Å². The highest BCUT2D eigenvalue weighted by Gasteiger charge is 2.29. The average Bonchev–Trinajstić information content (AvgIpc) is 2.94. The molecule has 0 atom stereocenters. The van der Waals surface area contributed by atoms with Crippen molar-refractivity contribution in [3.63, 3.8) is 0 Å². The first-order valence-corrected chi connectivity index (χ1v) is 8.78. The summed E-state index contributed by atoms with van der Waals surface area (Å²) in [5.41, 5.74) is -0.226. The van der Waals surface area contributed by atoms with Crippen molar-refractivity contribution in [3.05, 3.63) is 45.4 Å². The van der Waals surface area contributed by atoms with E-state index in [1.54, 1.807) is 17.6 Å². The van der Waals surface area contributed by atoms with Crippen LogP contribution in [-0.2, 0) is 4.79 Å². The first kappa shape index (κ1) is 18.7. The Labute approximate surface area is 154 Å². The van der Waals surface area contributed by atoms with Crippen molar-refractivity contribution in [2.24, 2.45) is 0 Å². The lowest BCUT2D eigenvalue weighted by molar-refractivity contribution is -0.117.